The number of pyridine rings is 1. The Labute approximate surface area is 174 Å². The zero-order chi connectivity index (χ0) is 20.3. The third kappa shape index (κ3) is 3.39. The Morgan fingerprint density at radius 2 is 1.73 bits per heavy atom. The lowest BCUT2D eigenvalue weighted by atomic mass is 10.1. The molecule has 0 radical (unpaired) electrons. The quantitative estimate of drug-likeness (QED) is 0.453. The van der Waals surface area contributed by atoms with Crippen molar-refractivity contribution in [1.82, 2.24) is 24.7 Å². The van der Waals surface area contributed by atoms with Crippen LogP contribution in [-0.2, 0) is 0 Å². The van der Waals surface area contributed by atoms with Crippen LogP contribution in [-0.4, -0.2) is 24.7 Å². The summed E-state index contributed by atoms with van der Waals surface area (Å²) in [5, 5.41) is 8.98. The van der Waals surface area contributed by atoms with E-state index in [0.717, 1.165) is 33.5 Å². The second kappa shape index (κ2) is 7.75. The highest BCUT2D eigenvalue weighted by Crippen LogP contribution is 2.29. The van der Waals surface area contributed by atoms with Crippen LogP contribution in [0.1, 0.15) is 18.5 Å². The van der Waals surface area contributed by atoms with Crippen molar-refractivity contribution in [1.29, 1.82) is 0 Å². The van der Waals surface area contributed by atoms with Gasteiger partial charge in [-0.3, -0.25) is 4.98 Å². The average molecular weight is 392 g/mol. The Bertz CT molecular complexity index is 1280. The molecular formula is C24H20N6. The zero-order valence-electron chi connectivity index (χ0n) is 16.5. The standard InChI is InChI=1S/C24H20N6/c1-17(19-9-3-5-12-22(19)30-15-7-14-26-30)27-24-20-10-2-4-11-21(20)28-23(29-24)18-8-6-13-25-16-18/h2-17H,1H3,(H,27,28,29). The molecule has 2 aromatic carbocycles. The summed E-state index contributed by atoms with van der Waals surface area (Å²) in [5.74, 6) is 1.44. The molecule has 1 unspecified atom stereocenters. The third-order valence-corrected chi connectivity index (χ3v) is 5.03. The van der Waals surface area contributed by atoms with E-state index in [-0.39, 0.29) is 6.04 Å². The van der Waals surface area contributed by atoms with Gasteiger partial charge in [-0.15, -0.1) is 0 Å². The Hall–Kier alpha value is -4.06. The summed E-state index contributed by atoms with van der Waals surface area (Å²) < 4.78 is 1.88. The Morgan fingerprint density at radius 1 is 0.867 bits per heavy atom. The van der Waals surface area contributed by atoms with Crippen molar-refractivity contribution in [3.63, 3.8) is 0 Å². The number of fused-ring (bicyclic) bond motifs is 1. The molecule has 3 heterocycles. The van der Waals surface area contributed by atoms with Gasteiger partial charge in [0.05, 0.1) is 17.2 Å². The fraction of sp³-hybridized carbons (Fsp3) is 0.0833. The number of hydrogen-bond acceptors (Lipinski definition) is 5. The topological polar surface area (TPSA) is 68.5 Å². The molecule has 5 aromatic rings. The minimum atomic E-state index is 0.00505. The summed E-state index contributed by atoms with van der Waals surface area (Å²) in [4.78, 5) is 13.8. The van der Waals surface area contributed by atoms with Crippen molar-refractivity contribution in [2.45, 2.75) is 13.0 Å². The van der Waals surface area contributed by atoms with E-state index in [1.54, 1.807) is 18.6 Å². The van der Waals surface area contributed by atoms with Gasteiger partial charge in [0.1, 0.15) is 5.82 Å². The van der Waals surface area contributed by atoms with Crippen molar-refractivity contribution in [3.8, 4) is 17.1 Å². The number of nitrogens with one attached hydrogen (secondary N) is 1. The van der Waals surface area contributed by atoms with E-state index in [1.807, 2.05) is 65.5 Å². The first kappa shape index (κ1) is 18.0. The molecule has 146 valence electrons. The number of rotatable bonds is 5. The van der Waals surface area contributed by atoms with E-state index in [2.05, 4.69) is 34.5 Å². The number of benzene rings is 2. The van der Waals surface area contributed by atoms with Crippen LogP contribution in [0.3, 0.4) is 0 Å². The van der Waals surface area contributed by atoms with Gasteiger partial charge in [-0.25, -0.2) is 14.6 Å². The molecule has 1 atom stereocenters. The van der Waals surface area contributed by atoms with E-state index in [4.69, 9.17) is 9.97 Å². The average Bonchev–Trinajstić information content (AvgIpc) is 3.34. The molecule has 0 bridgehead atoms. The van der Waals surface area contributed by atoms with Crippen LogP contribution in [0, 0.1) is 0 Å². The number of aromatic nitrogens is 5. The molecule has 6 nitrogen and oxygen atoms in total. The first-order valence-corrected chi connectivity index (χ1v) is 9.82. The molecule has 6 heteroatoms. The lowest BCUT2D eigenvalue weighted by Gasteiger charge is -2.20. The SMILES string of the molecule is CC(Nc1nc(-c2cccnc2)nc2ccccc12)c1ccccc1-n1cccn1. The Morgan fingerprint density at radius 3 is 2.57 bits per heavy atom. The van der Waals surface area contributed by atoms with Gasteiger partial charge in [-0.2, -0.15) is 5.10 Å². The van der Waals surface area contributed by atoms with Crippen LogP contribution in [0.2, 0.25) is 0 Å². The molecule has 0 amide bonds. The second-order valence-electron chi connectivity index (χ2n) is 7.03. The first-order chi connectivity index (χ1) is 14.8. The molecule has 0 aliphatic heterocycles. The monoisotopic (exact) mass is 392 g/mol. The van der Waals surface area contributed by atoms with E-state index in [9.17, 15) is 0 Å². The maximum atomic E-state index is 4.84. The van der Waals surface area contributed by atoms with Crippen LogP contribution in [0.4, 0.5) is 5.82 Å². The highest BCUT2D eigenvalue weighted by Gasteiger charge is 2.15. The lowest BCUT2D eigenvalue weighted by molar-refractivity contribution is 0.815. The number of nitrogens with zero attached hydrogens (tertiary/aromatic N) is 5. The Balaban J connectivity index is 1.58. The van der Waals surface area contributed by atoms with Gasteiger partial charge < -0.3 is 5.32 Å². The molecule has 0 aliphatic rings. The van der Waals surface area contributed by atoms with E-state index in [0.29, 0.717) is 5.82 Å². The van der Waals surface area contributed by atoms with Crippen LogP contribution in [0.15, 0.2) is 91.5 Å². The van der Waals surface area contributed by atoms with E-state index >= 15 is 0 Å². The molecule has 0 fully saturated rings. The zero-order valence-corrected chi connectivity index (χ0v) is 16.5. The van der Waals surface area contributed by atoms with Crippen molar-refractivity contribution in [2.75, 3.05) is 5.32 Å². The normalized spacial score (nSPS) is 12.0. The maximum absolute atomic E-state index is 4.84. The van der Waals surface area contributed by atoms with Gasteiger partial charge in [0.25, 0.3) is 0 Å². The largest absolute Gasteiger partial charge is 0.363 e. The van der Waals surface area contributed by atoms with Crippen molar-refractivity contribution in [2.24, 2.45) is 0 Å². The van der Waals surface area contributed by atoms with Gasteiger partial charge in [-0.05, 0) is 48.9 Å². The minimum absolute atomic E-state index is 0.00505. The predicted octanol–water partition coefficient (Wildman–Crippen LogP) is 5.05. The third-order valence-electron chi connectivity index (χ3n) is 5.03. The van der Waals surface area contributed by atoms with Crippen LogP contribution in [0.5, 0.6) is 0 Å². The highest BCUT2D eigenvalue weighted by molar-refractivity contribution is 5.90. The molecule has 30 heavy (non-hydrogen) atoms. The summed E-state index contributed by atoms with van der Waals surface area (Å²) in [5.41, 5.74) is 3.94. The molecule has 5 rings (SSSR count). The fourth-order valence-electron chi connectivity index (χ4n) is 3.57. The smallest absolute Gasteiger partial charge is 0.163 e. The molecule has 3 aromatic heterocycles. The molecule has 0 spiro atoms. The summed E-state index contributed by atoms with van der Waals surface area (Å²) in [7, 11) is 0. The van der Waals surface area contributed by atoms with E-state index < -0.39 is 0 Å². The number of hydrogen-bond donors (Lipinski definition) is 1. The maximum Gasteiger partial charge on any atom is 0.163 e. The Kier molecular flexibility index (Phi) is 4.65. The van der Waals surface area contributed by atoms with Gasteiger partial charge >= 0.3 is 0 Å². The number of para-hydroxylation sites is 2. The molecule has 0 saturated carbocycles. The van der Waals surface area contributed by atoms with E-state index in [1.165, 1.54) is 0 Å². The highest BCUT2D eigenvalue weighted by atomic mass is 15.3. The van der Waals surface area contributed by atoms with Crippen molar-refractivity contribution in [3.05, 3.63) is 97.1 Å². The summed E-state index contributed by atoms with van der Waals surface area (Å²) in [6.45, 7) is 2.13. The van der Waals surface area contributed by atoms with Crippen molar-refractivity contribution < 1.29 is 0 Å². The molecule has 0 saturated heterocycles. The van der Waals surface area contributed by atoms with Crippen LogP contribution >= 0.6 is 0 Å². The second-order valence-corrected chi connectivity index (χ2v) is 7.03. The van der Waals surface area contributed by atoms with Gasteiger partial charge in [0.2, 0.25) is 0 Å². The van der Waals surface area contributed by atoms with Gasteiger partial charge in [-0.1, -0.05) is 30.3 Å². The van der Waals surface area contributed by atoms with Crippen LogP contribution < -0.4 is 5.32 Å². The number of anilines is 1. The fourth-order valence-corrected chi connectivity index (χ4v) is 3.57. The molecular weight excluding hydrogens is 372 g/mol. The minimum Gasteiger partial charge on any atom is -0.363 e. The summed E-state index contributed by atoms with van der Waals surface area (Å²) in [6.07, 6.45) is 7.27. The summed E-state index contributed by atoms with van der Waals surface area (Å²) in [6, 6.07) is 22.1. The van der Waals surface area contributed by atoms with Gasteiger partial charge in [0.15, 0.2) is 5.82 Å². The molecule has 0 aliphatic carbocycles. The lowest BCUT2D eigenvalue weighted by Crippen LogP contribution is -2.12. The predicted molar refractivity (Wildman–Crippen MR) is 118 cm³/mol. The molecule has 1 N–H and O–H groups in total. The van der Waals surface area contributed by atoms with Gasteiger partial charge in [0, 0.05) is 35.7 Å². The van der Waals surface area contributed by atoms with Crippen molar-refractivity contribution >= 4 is 16.7 Å². The first-order valence-electron chi connectivity index (χ1n) is 9.82. The van der Waals surface area contributed by atoms with Crippen LogP contribution in [0.25, 0.3) is 28.0 Å². The summed E-state index contributed by atoms with van der Waals surface area (Å²) >= 11 is 0.